The van der Waals surface area contributed by atoms with Crippen LogP contribution in [0.25, 0.3) is 0 Å². The van der Waals surface area contributed by atoms with Crippen LogP contribution < -0.4 is 5.32 Å². The number of hydrogen-bond acceptors (Lipinski definition) is 2. The molecule has 3 nitrogen and oxygen atoms in total. The van der Waals surface area contributed by atoms with Gasteiger partial charge in [-0.25, -0.2) is 0 Å². The molecule has 118 valence electrons. The van der Waals surface area contributed by atoms with E-state index in [9.17, 15) is 4.79 Å². The van der Waals surface area contributed by atoms with E-state index in [2.05, 4.69) is 43.1 Å². The van der Waals surface area contributed by atoms with Gasteiger partial charge in [-0.15, -0.1) is 0 Å². The number of hydrogen-bond donors (Lipinski definition) is 1. The van der Waals surface area contributed by atoms with Crippen LogP contribution in [0.2, 0.25) is 0 Å². The molecule has 0 heterocycles. The van der Waals surface area contributed by atoms with Crippen LogP contribution in [0, 0.1) is 0 Å². The minimum atomic E-state index is -0.0514. The van der Waals surface area contributed by atoms with Crippen LogP contribution in [0.3, 0.4) is 0 Å². The average Bonchev–Trinajstić information content (AvgIpc) is 2.53. The van der Waals surface area contributed by atoms with Crippen LogP contribution in [0.1, 0.15) is 52.0 Å². The van der Waals surface area contributed by atoms with E-state index in [1.165, 1.54) is 5.56 Å². The van der Waals surface area contributed by atoms with Crippen molar-refractivity contribution in [2.75, 3.05) is 19.6 Å². The molecule has 3 heteroatoms. The van der Waals surface area contributed by atoms with E-state index in [1.807, 2.05) is 25.1 Å². The molecule has 1 aromatic rings. The molecule has 1 N–H and O–H groups in total. The number of nitrogens with zero attached hydrogens (tertiary/aromatic N) is 1. The maximum absolute atomic E-state index is 12.3. The van der Waals surface area contributed by atoms with E-state index in [0.29, 0.717) is 12.5 Å². The quantitative estimate of drug-likeness (QED) is 0.756. The molecule has 21 heavy (non-hydrogen) atoms. The standard InChI is InChI=1S/C18H30N2O/c1-5-7-13-20(6-2)16(4)18(21)19-14-15(3)17-11-9-8-10-12-17/h8-12,15-16H,5-7,13-14H2,1-4H3,(H,19,21). The SMILES string of the molecule is CCCCN(CC)C(C)C(=O)NCC(C)c1ccccc1. The van der Waals surface area contributed by atoms with Gasteiger partial charge in [0.25, 0.3) is 0 Å². The van der Waals surface area contributed by atoms with Gasteiger partial charge < -0.3 is 5.32 Å². The van der Waals surface area contributed by atoms with Crippen LogP contribution in [0.15, 0.2) is 30.3 Å². The Labute approximate surface area is 129 Å². The molecule has 0 radical (unpaired) electrons. The van der Waals surface area contributed by atoms with Crippen molar-refractivity contribution < 1.29 is 4.79 Å². The van der Waals surface area contributed by atoms with E-state index in [0.717, 1.165) is 25.9 Å². The first kappa shape index (κ1) is 17.7. The second kappa shape index (κ2) is 9.56. The monoisotopic (exact) mass is 290 g/mol. The molecule has 0 saturated heterocycles. The topological polar surface area (TPSA) is 32.3 Å². The van der Waals surface area contributed by atoms with Gasteiger partial charge in [-0.3, -0.25) is 9.69 Å². The smallest absolute Gasteiger partial charge is 0.237 e. The normalized spacial score (nSPS) is 14.0. The van der Waals surface area contributed by atoms with Gasteiger partial charge in [0.2, 0.25) is 5.91 Å². The first-order valence-corrected chi connectivity index (χ1v) is 8.16. The van der Waals surface area contributed by atoms with Crippen LogP contribution in [-0.2, 0) is 4.79 Å². The lowest BCUT2D eigenvalue weighted by Crippen LogP contribution is -2.46. The highest BCUT2D eigenvalue weighted by atomic mass is 16.2. The molecule has 1 aromatic carbocycles. The molecule has 2 atom stereocenters. The van der Waals surface area contributed by atoms with Crippen molar-refractivity contribution in [1.82, 2.24) is 10.2 Å². The van der Waals surface area contributed by atoms with Gasteiger partial charge in [0.05, 0.1) is 6.04 Å². The molecule has 0 fully saturated rings. The summed E-state index contributed by atoms with van der Waals surface area (Å²) in [6.45, 7) is 11.1. The Morgan fingerprint density at radius 2 is 1.86 bits per heavy atom. The first-order chi connectivity index (χ1) is 10.1. The molecule has 0 aliphatic carbocycles. The van der Waals surface area contributed by atoms with Gasteiger partial charge in [0.15, 0.2) is 0 Å². The fraction of sp³-hybridized carbons (Fsp3) is 0.611. The fourth-order valence-electron chi connectivity index (χ4n) is 2.45. The van der Waals surface area contributed by atoms with Crippen LogP contribution in [-0.4, -0.2) is 36.5 Å². The van der Waals surface area contributed by atoms with Crippen molar-refractivity contribution >= 4 is 5.91 Å². The predicted octanol–water partition coefficient (Wildman–Crippen LogP) is 3.42. The number of unbranched alkanes of at least 4 members (excludes halogenated alkanes) is 1. The molecule has 1 amide bonds. The van der Waals surface area contributed by atoms with Crippen molar-refractivity contribution in [2.24, 2.45) is 0 Å². The Morgan fingerprint density at radius 3 is 2.43 bits per heavy atom. The maximum atomic E-state index is 12.3. The van der Waals surface area contributed by atoms with Gasteiger partial charge >= 0.3 is 0 Å². The average molecular weight is 290 g/mol. The summed E-state index contributed by atoms with van der Waals surface area (Å²) in [5, 5.41) is 3.09. The number of benzene rings is 1. The second-order valence-corrected chi connectivity index (χ2v) is 5.71. The van der Waals surface area contributed by atoms with Gasteiger partial charge in [-0.2, -0.15) is 0 Å². The molecule has 0 bridgehead atoms. The number of likely N-dealkylation sites (N-methyl/N-ethyl adjacent to an activating group) is 1. The van der Waals surface area contributed by atoms with Crippen LogP contribution in [0.4, 0.5) is 0 Å². The van der Waals surface area contributed by atoms with E-state index < -0.39 is 0 Å². The zero-order valence-electron chi connectivity index (χ0n) is 13.9. The molecule has 0 saturated carbocycles. The molecule has 0 aromatic heterocycles. The van der Waals surface area contributed by atoms with E-state index in [-0.39, 0.29) is 11.9 Å². The summed E-state index contributed by atoms with van der Waals surface area (Å²) in [7, 11) is 0. The third-order valence-electron chi connectivity index (χ3n) is 4.08. The highest BCUT2D eigenvalue weighted by Crippen LogP contribution is 2.13. The summed E-state index contributed by atoms with van der Waals surface area (Å²) >= 11 is 0. The summed E-state index contributed by atoms with van der Waals surface area (Å²) in [5.41, 5.74) is 1.27. The maximum Gasteiger partial charge on any atom is 0.237 e. The van der Waals surface area contributed by atoms with Crippen molar-refractivity contribution in [1.29, 1.82) is 0 Å². The van der Waals surface area contributed by atoms with Crippen LogP contribution >= 0.6 is 0 Å². The van der Waals surface area contributed by atoms with Crippen molar-refractivity contribution in [3.05, 3.63) is 35.9 Å². The highest BCUT2D eigenvalue weighted by molar-refractivity contribution is 5.81. The molecule has 2 unspecified atom stereocenters. The number of carbonyl (C=O) groups excluding carboxylic acids is 1. The lowest BCUT2D eigenvalue weighted by Gasteiger charge is -2.27. The molecule has 1 rings (SSSR count). The number of carbonyl (C=O) groups is 1. The Bertz CT molecular complexity index is 405. The van der Waals surface area contributed by atoms with Crippen molar-refractivity contribution in [2.45, 2.75) is 52.5 Å². The van der Waals surface area contributed by atoms with Crippen LogP contribution in [0.5, 0.6) is 0 Å². The summed E-state index contributed by atoms with van der Waals surface area (Å²) in [5.74, 6) is 0.476. The highest BCUT2D eigenvalue weighted by Gasteiger charge is 2.19. The Kier molecular flexibility index (Phi) is 8.06. The van der Waals surface area contributed by atoms with E-state index in [1.54, 1.807) is 0 Å². The predicted molar refractivity (Wildman–Crippen MR) is 89.5 cm³/mol. The van der Waals surface area contributed by atoms with E-state index >= 15 is 0 Å². The number of nitrogens with one attached hydrogen (secondary N) is 1. The molecular formula is C18H30N2O. The minimum Gasteiger partial charge on any atom is -0.354 e. The summed E-state index contributed by atoms with van der Waals surface area (Å²) < 4.78 is 0. The summed E-state index contributed by atoms with van der Waals surface area (Å²) in [4.78, 5) is 14.5. The fourth-order valence-corrected chi connectivity index (χ4v) is 2.45. The Hall–Kier alpha value is -1.35. The molecule has 0 aliphatic heterocycles. The Morgan fingerprint density at radius 1 is 1.19 bits per heavy atom. The first-order valence-electron chi connectivity index (χ1n) is 8.16. The lowest BCUT2D eigenvalue weighted by molar-refractivity contribution is -0.125. The van der Waals surface area contributed by atoms with Gasteiger partial charge in [-0.05, 0) is 37.9 Å². The minimum absolute atomic E-state index is 0.0514. The summed E-state index contributed by atoms with van der Waals surface area (Å²) in [6.07, 6.45) is 2.31. The third kappa shape index (κ3) is 5.88. The number of rotatable bonds is 9. The molecule has 0 spiro atoms. The van der Waals surface area contributed by atoms with Gasteiger partial charge in [0.1, 0.15) is 0 Å². The largest absolute Gasteiger partial charge is 0.354 e. The third-order valence-corrected chi connectivity index (χ3v) is 4.08. The zero-order chi connectivity index (χ0) is 15.7. The molecular weight excluding hydrogens is 260 g/mol. The molecule has 0 aliphatic rings. The van der Waals surface area contributed by atoms with Crippen molar-refractivity contribution in [3.63, 3.8) is 0 Å². The summed E-state index contributed by atoms with van der Waals surface area (Å²) in [6, 6.07) is 10.3. The lowest BCUT2D eigenvalue weighted by atomic mass is 10.0. The van der Waals surface area contributed by atoms with E-state index in [4.69, 9.17) is 0 Å². The second-order valence-electron chi connectivity index (χ2n) is 5.71. The van der Waals surface area contributed by atoms with Crippen molar-refractivity contribution in [3.8, 4) is 0 Å². The number of amides is 1. The van der Waals surface area contributed by atoms with Gasteiger partial charge in [0, 0.05) is 6.54 Å². The van der Waals surface area contributed by atoms with Gasteiger partial charge in [-0.1, -0.05) is 57.5 Å². The zero-order valence-corrected chi connectivity index (χ0v) is 13.9. The Balaban J connectivity index is 2.45.